The molecule has 0 aliphatic rings. The molecule has 0 aliphatic heterocycles. The zero-order valence-electron chi connectivity index (χ0n) is 12.6. The number of carbonyl (C=O) groups is 2. The van der Waals surface area contributed by atoms with Crippen molar-refractivity contribution in [3.8, 4) is 5.88 Å². The molecule has 0 saturated carbocycles. The van der Waals surface area contributed by atoms with Crippen LogP contribution in [0.4, 0.5) is 5.95 Å². The van der Waals surface area contributed by atoms with Crippen molar-refractivity contribution in [3.05, 3.63) is 40.5 Å². The number of amides is 1. The first-order valence-electron chi connectivity index (χ1n) is 6.42. The smallest absolute Gasteiger partial charge is 0.337 e. The highest BCUT2D eigenvalue weighted by Gasteiger charge is 2.26. The molecule has 12 heteroatoms. The number of nitrogens with one attached hydrogen (secondary N) is 1. The normalized spacial score (nSPS) is 11.0. The average molecular weight is 387 g/mol. The van der Waals surface area contributed by atoms with E-state index in [1.807, 2.05) is 0 Å². The van der Waals surface area contributed by atoms with E-state index in [0.717, 1.165) is 12.1 Å². The number of aromatic carboxylic acids is 1. The number of rotatable bonds is 5. The molecule has 0 bridgehead atoms. The lowest BCUT2D eigenvalue weighted by Gasteiger charge is -2.11. The lowest BCUT2D eigenvalue weighted by atomic mass is 10.1. The van der Waals surface area contributed by atoms with E-state index < -0.39 is 37.9 Å². The Bertz CT molecular complexity index is 963. The van der Waals surface area contributed by atoms with Crippen molar-refractivity contribution < 1.29 is 27.9 Å². The Morgan fingerprint density at radius 3 is 2.48 bits per heavy atom. The van der Waals surface area contributed by atoms with E-state index in [4.69, 9.17) is 26.6 Å². The second-order valence-electron chi connectivity index (χ2n) is 4.54. The topological polar surface area (TPSA) is 162 Å². The van der Waals surface area contributed by atoms with Gasteiger partial charge in [-0.3, -0.25) is 10.1 Å². The van der Waals surface area contributed by atoms with E-state index in [9.17, 15) is 18.0 Å². The Balaban J connectivity index is 2.52. The average Bonchev–Trinajstić information content (AvgIpc) is 2.52. The number of carboxylic acid groups (broad SMARTS) is 1. The number of sulfonamides is 1. The van der Waals surface area contributed by atoms with Gasteiger partial charge in [0.2, 0.25) is 21.9 Å². The van der Waals surface area contributed by atoms with Gasteiger partial charge in [0.1, 0.15) is 10.0 Å². The largest absolute Gasteiger partial charge is 0.481 e. The summed E-state index contributed by atoms with van der Waals surface area (Å²) in [4.78, 5) is 30.3. The van der Waals surface area contributed by atoms with Crippen LogP contribution in [0, 0.1) is 0 Å². The Morgan fingerprint density at radius 1 is 1.28 bits per heavy atom. The van der Waals surface area contributed by atoms with Crippen molar-refractivity contribution in [1.29, 1.82) is 0 Å². The molecule has 1 heterocycles. The summed E-state index contributed by atoms with van der Waals surface area (Å²) in [5.74, 6) is -2.76. The zero-order valence-corrected chi connectivity index (χ0v) is 14.1. The fourth-order valence-corrected chi connectivity index (χ4v) is 3.02. The first kappa shape index (κ1) is 18.6. The Labute approximate surface area is 146 Å². The Hall–Kier alpha value is -2.76. The molecule has 0 spiro atoms. The summed E-state index contributed by atoms with van der Waals surface area (Å²) in [6.45, 7) is 0. The Kier molecular flexibility index (Phi) is 5.21. The summed E-state index contributed by atoms with van der Waals surface area (Å²) < 4.78 is 28.4. The predicted molar refractivity (Wildman–Crippen MR) is 86.3 cm³/mol. The van der Waals surface area contributed by atoms with E-state index in [2.05, 4.69) is 15.3 Å². The molecule has 132 valence electrons. The molecule has 2 rings (SSSR count). The zero-order chi connectivity index (χ0) is 18.8. The SMILES string of the molecule is COc1cc(Cl)nc(NC(=O)c2cccc(C(=O)O)c2S(N)(=O)=O)n1. The van der Waals surface area contributed by atoms with E-state index in [0.29, 0.717) is 0 Å². The van der Waals surface area contributed by atoms with Crippen molar-refractivity contribution in [2.24, 2.45) is 5.14 Å². The highest BCUT2D eigenvalue weighted by atomic mass is 35.5. The van der Waals surface area contributed by atoms with Crippen LogP contribution in [0.3, 0.4) is 0 Å². The number of ether oxygens (including phenoxy) is 1. The van der Waals surface area contributed by atoms with Crippen molar-refractivity contribution in [1.82, 2.24) is 9.97 Å². The van der Waals surface area contributed by atoms with E-state index in [-0.39, 0.29) is 17.0 Å². The van der Waals surface area contributed by atoms with Gasteiger partial charge in [-0.1, -0.05) is 17.7 Å². The molecule has 4 N–H and O–H groups in total. The predicted octanol–water partition coefficient (Wildman–Crippen LogP) is 0.737. The van der Waals surface area contributed by atoms with Gasteiger partial charge in [0.25, 0.3) is 5.91 Å². The summed E-state index contributed by atoms with van der Waals surface area (Å²) in [5.41, 5.74) is -1.12. The van der Waals surface area contributed by atoms with Gasteiger partial charge in [-0.2, -0.15) is 4.98 Å². The molecule has 0 atom stereocenters. The molecule has 0 unspecified atom stereocenters. The van der Waals surface area contributed by atoms with Crippen molar-refractivity contribution in [3.63, 3.8) is 0 Å². The number of nitrogens with two attached hydrogens (primary N) is 1. The maximum Gasteiger partial charge on any atom is 0.337 e. The molecule has 1 aromatic heterocycles. The van der Waals surface area contributed by atoms with Crippen LogP contribution in [0.5, 0.6) is 5.88 Å². The summed E-state index contributed by atoms with van der Waals surface area (Å²) in [6, 6.07) is 4.60. The van der Waals surface area contributed by atoms with Gasteiger partial charge in [0, 0.05) is 6.07 Å². The molecule has 0 saturated heterocycles. The number of methoxy groups -OCH3 is 1. The van der Waals surface area contributed by atoms with Crippen molar-refractivity contribution in [2.75, 3.05) is 12.4 Å². The van der Waals surface area contributed by atoms with E-state index in [1.165, 1.54) is 19.2 Å². The Morgan fingerprint density at radius 2 is 1.92 bits per heavy atom. The van der Waals surface area contributed by atoms with E-state index in [1.54, 1.807) is 0 Å². The number of carboxylic acids is 1. The van der Waals surface area contributed by atoms with Gasteiger partial charge in [-0.15, -0.1) is 0 Å². The number of benzene rings is 1. The lowest BCUT2D eigenvalue weighted by Crippen LogP contribution is -2.24. The monoisotopic (exact) mass is 386 g/mol. The van der Waals surface area contributed by atoms with Crippen molar-refractivity contribution in [2.45, 2.75) is 4.90 Å². The van der Waals surface area contributed by atoms with Crippen LogP contribution >= 0.6 is 11.6 Å². The number of halogens is 1. The molecule has 25 heavy (non-hydrogen) atoms. The fourth-order valence-electron chi connectivity index (χ4n) is 1.92. The maximum atomic E-state index is 12.4. The molecule has 1 aromatic carbocycles. The van der Waals surface area contributed by atoms with Gasteiger partial charge in [-0.25, -0.2) is 23.3 Å². The molecule has 1 amide bonds. The molecule has 0 radical (unpaired) electrons. The third-order valence-electron chi connectivity index (χ3n) is 2.88. The number of hydrogen-bond acceptors (Lipinski definition) is 7. The van der Waals surface area contributed by atoms with Crippen LogP contribution < -0.4 is 15.2 Å². The minimum absolute atomic E-state index is 0.0342. The third kappa shape index (κ3) is 4.21. The quantitative estimate of drug-likeness (QED) is 0.633. The highest BCUT2D eigenvalue weighted by Crippen LogP contribution is 2.22. The third-order valence-corrected chi connectivity index (χ3v) is 4.08. The molecule has 10 nitrogen and oxygen atoms in total. The second kappa shape index (κ2) is 7.01. The number of hydrogen-bond donors (Lipinski definition) is 3. The summed E-state index contributed by atoms with van der Waals surface area (Å²) >= 11 is 5.75. The number of aromatic nitrogens is 2. The van der Waals surface area contributed by atoms with Crippen LogP contribution in [0.2, 0.25) is 5.15 Å². The number of nitrogens with zero attached hydrogens (tertiary/aromatic N) is 2. The standard InChI is InChI=1S/C13H11ClN4O6S/c1-24-9-5-8(14)16-13(17-9)18-11(19)6-3-2-4-7(12(20)21)10(6)25(15,22)23/h2-5H,1H3,(H,20,21)(H2,15,22,23)(H,16,17,18,19). The first-order valence-corrected chi connectivity index (χ1v) is 8.35. The number of primary sulfonamides is 1. The number of carbonyl (C=O) groups excluding carboxylic acids is 1. The number of anilines is 1. The van der Waals surface area contributed by atoms with Crippen molar-refractivity contribution >= 4 is 39.4 Å². The summed E-state index contributed by atoms with van der Waals surface area (Å²) in [7, 11) is -3.18. The molecule has 2 aromatic rings. The molecule has 0 aliphatic carbocycles. The van der Waals surface area contributed by atoms with Crippen LogP contribution in [0.25, 0.3) is 0 Å². The van der Waals surface area contributed by atoms with Crippen LogP contribution in [-0.2, 0) is 10.0 Å². The van der Waals surface area contributed by atoms with Crippen LogP contribution in [0.15, 0.2) is 29.2 Å². The minimum atomic E-state index is -4.50. The van der Waals surface area contributed by atoms with Gasteiger partial charge in [0.05, 0.1) is 18.2 Å². The molecular formula is C13H11ClN4O6S. The lowest BCUT2D eigenvalue weighted by molar-refractivity contribution is 0.0692. The van der Waals surface area contributed by atoms with Crippen LogP contribution in [-0.4, -0.2) is 42.5 Å². The molecular weight excluding hydrogens is 376 g/mol. The second-order valence-corrected chi connectivity index (χ2v) is 6.43. The summed E-state index contributed by atoms with van der Waals surface area (Å²) in [5, 5.41) is 16.4. The minimum Gasteiger partial charge on any atom is -0.481 e. The highest BCUT2D eigenvalue weighted by molar-refractivity contribution is 7.89. The van der Waals surface area contributed by atoms with Gasteiger partial charge in [0.15, 0.2) is 0 Å². The first-order chi connectivity index (χ1) is 11.6. The van der Waals surface area contributed by atoms with Gasteiger partial charge < -0.3 is 9.84 Å². The van der Waals surface area contributed by atoms with Crippen LogP contribution in [0.1, 0.15) is 20.7 Å². The van der Waals surface area contributed by atoms with Gasteiger partial charge in [-0.05, 0) is 12.1 Å². The van der Waals surface area contributed by atoms with Gasteiger partial charge >= 0.3 is 5.97 Å². The molecule has 0 fully saturated rings. The fraction of sp³-hybridized carbons (Fsp3) is 0.0769. The van der Waals surface area contributed by atoms with E-state index >= 15 is 0 Å². The summed E-state index contributed by atoms with van der Waals surface area (Å²) in [6.07, 6.45) is 0. The maximum absolute atomic E-state index is 12.4.